The van der Waals surface area contributed by atoms with Crippen LogP contribution in [0.15, 0.2) is 135 Å². The highest BCUT2D eigenvalue weighted by molar-refractivity contribution is 6.36. The summed E-state index contributed by atoms with van der Waals surface area (Å²) in [6.07, 6.45) is 2.10. The molecule has 9 nitrogen and oxygen atoms in total. The molecule has 0 aliphatic heterocycles. The highest BCUT2D eigenvalue weighted by Crippen LogP contribution is 2.44. The van der Waals surface area contributed by atoms with Crippen LogP contribution in [0.25, 0.3) is 67.1 Å². The minimum Gasteiger partial charge on any atom is -0.492 e. The topological polar surface area (TPSA) is 97.0 Å². The molecule has 0 unspecified atom stereocenters. The van der Waals surface area contributed by atoms with Crippen LogP contribution < -0.4 is 14.9 Å². The molecule has 4 heterocycles. The number of nitrogens with one attached hydrogen (secondary N) is 1. The van der Waals surface area contributed by atoms with Crippen LogP contribution in [0.3, 0.4) is 0 Å². The van der Waals surface area contributed by atoms with E-state index in [2.05, 4.69) is 14.9 Å². The summed E-state index contributed by atoms with van der Waals surface area (Å²) in [7, 11) is 7.98. The van der Waals surface area contributed by atoms with Crippen molar-refractivity contribution in [2.24, 2.45) is 0 Å². The van der Waals surface area contributed by atoms with E-state index in [1.807, 2.05) is 142 Å². The van der Waals surface area contributed by atoms with Gasteiger partial charge in [-0.05, 0) is 87.8 Å². The Balaban J connectivity index is 0.000000177. The number of nitrogens with zero attached hydrogens (tertiary/aromatic N) is 3. The minimum atomic E-state index is -0.841. The summed E-state index contributed by atoms with van der Waals surface area (Å²) >= 11 is 6.29. The van der Waals surface area contributed by atoms with Gasteiger partial charge >= 0.3 is 0 Å². The summed E-state index contributed by atoms with van der Waals surface area (Å²) in [4.78, 5) is 23.5. The molecule has 12 heteroatoms. The van der Waals surface area contributed by atoms with E-state index in [-0.39, 0.29) is 16.1 Å². The molecule has 0 atom stereocenters. The van der Waals surface area contributed by atoms with Crippen molar-refractivity contribution in [2.75, 3.05) is 54.5 Å². The summed E-state index contributed by atoms with van der Waals surface area (Å²) in [5.41, 5.74) is 4.42. The third-order valence-electron chi connectivity index (χ3n) is 9.27. The lowest BCUT2D eigenvalue weighted by atomic mass is 9.99. The summed E-state index contributed by atoms with van der Waals surface area (Å²) in [5, 5.41) is 0.684. The predicted molar refractivity (Wildman–Crippen MR) is 226 cm³/mol. The van der Waals surface area contributed by atoms with E-state index in [0.717, 1.165) is 64.8 Å². The summed E-state index contributed by atoms with van der Waals surface area (Å²) in [6, 6.07) is 34.1. The van der Waals surface area contributed by atoms with Crippen molar-refractivity contribution in [1.82, 2.24) is 19.8 Å². The first-order chi connectivity index (χ1) is 28.1. The first kappa shape index (κ1) is 39.9. The van der Waals surface area contributed by atoms with Crippen molar-refractivity contribution in [1.29, 1.82) is 0 Å². The maximum atomic E-state index is 14.1. The molecule has 0 radical (unpaired) electrons. The van der Waals surface area contributed by atoms with Gasteiger partial charge in [-0.1, -0.05) is 72.3 Å². The lowest BCUT2D eigenvalue weighted by Gasteiger charge is -2.11. The van der Waals surface area contributed by atoms with Crippen molar-refractivity contribution in [3.63, 3.8) is 0 Å². The first-order valence-electron chi connectivity index (χ1n) is 18.6. The first-order valence-corrected chi connectivity index (χ1v) is 18.9. The van der Waals surface area contributed by atoms with Gasteiger partial charge in [-0.25, -0.2) is 13.8 Å². The molecule has 58 heavy (non-hydrogen) atoms. The highest BCUT2D eigenvalue weighted by atomic mass is 35.5. The number of hydrogen-bond donors (Lipinski definition) is 1. The van der Waals surface area contributed by atoms with Crippen molar-refractivity contribution >= 4 is 33.8 Å². The van der Waals surface area contributed by atoms with Crippen molar-refractivity contribution < 1.29 is 27.1 Å². The normalized spacial score (nSPS) is 11.3. The maximum absolute atomic E-state index is 14.1. The van der Waals surface area contributed by atoms with Gasteiger partial charge in [0.1, 0.15) is 36.2 Å². The number of halogens is 3. The number of benzene rings is 4. The molecule has 4 aromatic heterocycles. The zero-order valence-corrected chi connectivity index (χ0v) is 33.1. The Labute approximate surface area is 339 Å². The van der Waals surface area contributed by atoms with Crippen molar-refractivity contribution in [3.8, 4) is 56.4 Å². The van der Waals surface area contributed by atoms with Gasteiger partial charge < -0.3 is 33.1 Å². The Morgan fingerprint density at radius 3 is 1.62 bits per heavy atom. The van der Waals surface area contributed by atoms with Crippen LogP contribution in [-0.2, 0) is 0 Å². The third-order valence-corrected chi connectivity index (χ3v) is 9.64. The van der Waals surface area contributed by atoms with Gasteiger partial charge in [-0.15, -0.1) is 0 Å². The van der Waals surface area contributed by atoms with Crippen LogP contribution in [-0.4, -0.2) is 74.3 Å². The quantitative estimate of drug-likeness (QED) is 0.130. The Morgan fingerprint density at radius 1 is 0.638 bits per heavy atom. The number of pyridine rings is 2. The molecule has 0 bridgehead atoms. The van der Waals surface area contributed by atoms with Crippen LogP contribution in [0, 0.1) is 11.6 Å². The standard InChI is InChI=1S/C23H20ClFN2O2.C23H21FN2O3/c1-27(2)12-13-28-17-10-8-16(9-11-17)22-19(15-6-4-3-5-7-15)20-21(24)18(25)14-26-23(20)29-22;1-26(2)12-13-28-17-10-8-16(9-11-17)22-19(15-6-4-3-5-7-15)20-21(27)18(24)14-25-23(20)29-22/h3-11,14H,12-13H2,1-2H3;3-11,14H,12-13H2,1-2H3,(H,25,27). The smallest absolute Gasteiger partial charge is 0.229 e. The van der Waals surface area contributed by atoms with Crippen molar-refractivity contribution in [2.45, 2.75) is 0 Å². The molecular weight excluding hydrogens is 762 g/mol. The molecule has 8 rings (SSSR count). The zero-order valence-electron chi connectivity index (χ0n) is 32.4. The predicted octanol–water partition coefficient (Wildman–Crippen LogP) is 10.4. The molecule has 0 aliphatic carbocycles. The SMILES string of the molecule is CN(C)CCOc1ccc(-c2oc3[nH]cc(F)c(=O)c3c2-c2ccccc2)cc1.CN(C)CCOc1ccc(-c2oc3ncc(F)c(Cl)c3c2-c2ccccc2)cc1. The molecule has 296 valence electrons. The average Bonchev–Trinajstić information content (AvgIpc) is 3.82. The third kappa shape index (κ3) is 8.82. The number of aromatic nitrogens is 2. The number of hydrogen-bond acceptors (Lipinski definition) is 8. The van der Waals surface area contributed by atoms with E-state index in [1.165, 1.54) is 0 Å². The van der Waals surface area contributed by atoms with E-state index in [0.29, 0.717) is 41.4 Å². The molecule has 4 aromatic carbocycles. The molecule has 0 amide bonds. The average molecular weight is 803 g/mol. The van der Waals surface area contributed by atoms with Crippen LogP contribution >= 0.6 is 11.6 Å². The van der Waals surface area contributed by atoms with E-state index in [4.69, 9.17) is 29.9 Å². The second-order valence-corrected chi connectivity index (χ2v) is 14.3. The van der Waals surface area contributed by atoms with Gasteiger partial charge in [-0.3, -0.25) is 4.79 Å². The Bertz CT molecular complexity index is 2680. The molecule has 1 N–H and O–H groups in total. The Kier molecular flexibility index (Phi) is 12.3. The Morgan fingerprint density at radius 2 is 1.12 bits per heavy atom. The van der Waals surface area contributed by atoms with Gasteiger partial charge in [0, 0.05) is 41.5 Å². The fourth-order valence-corrected chi connectivity index (χ4v) is 6.56. The fraction of sp³-hybridized carbons (Fsp3) is 0.174. The molecule has 8 aromatic rings. The highest BCUT2D eigenvalue weighted by Gasteiger charge is 2.24. The number of rotatable bonds is 12. The van der Waals surface area contributed by atoms with Crippen LogP contribution in [0.5, 0.6) is 11.5 Å². The fourth-order valence-electron chi connectivity index (χ4n) is 6.33. The maximum Gasteiger partial charge on any atom is 0.229 e. The zero-order chi connectivity index (χ0) is 40.8. The van der Waals surface area contributed by atoms with Gasteiger partial charge in [-0.2, -0.15) is 0 Å². The van der Waals surface area contributed by atoms with Crippen molar-refractivity contribution in [3.05, 3.63) is 148 Å². The molecule has 0 saturated carbocycles. The van der Waals surface area contributed by atoms with E-state index in [1.54, 1.807) is 0 Å². The minimum absolute atomic E-state index is 0.00694. The lowest BCUT2D eigenvalue weighted by molar-refractivity contribution is 0.261. The van der Waals surface area contributed by atoms with Crippen LogP contribution in [0.1, 0.15) is 0 Å². The molecule has 0 spiro atoms. The number of likely N-dealkylation sites (N-methyl/N-ethyl adjacent to an activating group) is 2. The molecular formula is C46H41ClF2N4O5. The number of aromatic amines is 1. The largest absolute Gasteiger partial charge is 0.492 e. The van der Waals surface area contributed by atoms with Gasteiger partial charge in [0.25, 0.3) is 0 Å². The van der Waals surface area contributed by atoms with E-state index < -0.39 is 17.1 Å². The number of ether oxygens (including phenoxy) is 2. The van der Waals surface area contributed by atoms with Gasteiger partial charge in [0.2, 0.25) is 16.9 Å². The molecule has 0 saturated heterocycles. The number of H-pyrrole nitrogens is 1. The monoisotopic (exact) mass is 802 g/mol. The second-order valence-electron chi connectivity index (χ2n) is 14.0. The summed E-state index contributed by atoms with van der Waals surface area (Å²) in [5.74, 6) is 1.20. The summed E-state index contributed by atoms with van der Waals surface area (Å²) < 4.78 is 51.6. The van der Waals surface area contributed by atoms with Crippen LogP contribution in [0.2, 0.25) is 5.02 Å². The van der Waals surface area contributed by atoms with Gasteiger partial charge in [0.05, 0.1) is 22.0 Å². The number of fused-ring (bicyclic) bond motifs is 2. The lowest BCUT2D eigenvalue weighted by Crippen LogP contribution is -2.19. The number of furan rings is 2. The second kappa shape index (κ2) is 17.9. The molecule has 0 fully saturated rings. The van der Waals surface area contributed by atoms with E-state index >= 15 is 0 Å². The van der Waals surface area contributed by atoms with Gasteiger partial charge in [0.15, 0.2) is 11.6 Å². The van der Waals surface area contributed by atoms with Crippen LogP contribution in [0.4, 0.5) is 8.78 Å². The molecule has 0 aliphatic rings. The summed E-state index contributed by atoms with van der Waals surface area (Å²) in [6.45, 7) is 2.83. The Hall–Kier alpha value is -6.27. The van der Waals surface area contributed by atoms with E-state index in [9.17, 15) is 13.6 Å².